The molecule has 0 unspecified atom stereocenters. The van der Waals surface area contributed by atoms with Crippen molar-refractivity contribution in [3.63, 3.8) is 0 Å². The van der Waals surface area contributed by atoms with Crippen LogP contribution >= 0.6 is 11.6 Å². The van der Waals surface area contributed by atoms with E-state index in [0.29, 0.717) is 17.0 Å². The summed E-state index contributed by atoms with van der Waals surface area (Å²) < 4.78 is 30.5. The first kappa shape index (κ1) is 31.7. The van der Waals surface area contributed by atoms with Crippen LogP contribution < -0.4 is 14.8 Å². The van der Waals surface area contributed by atoms with Crippen molar-refractivity contribution in [2.45, 2.75) is 45.1 Å². The van der Waals surface area contributed by atoms with Gasteiger partial charge in [-0.1, -0.05) is 29.8 Å². The van der Waals surface area contributed by atoms with E-state index in [4.69, 9.17) is 40.0 Å². The number of carbonyl (C=O) groups is 4. The highest BCUT2D eigenvalue weighted by atomic mass is 35.5. The molecule has 0 saturated carbocycles. The summed E-state index contributed by atoms with van der Waals surface area (Å²) in [5.41, 5.74) is 1.43. The van der Waals surface area contributed by atoms with Crippen LogP contribution in [-0.2, 0) is 44.5 Å². The van der Waals surface area contributed by atoms with Crippen molar-refractivity contribution < 1.29 is 52.7 Å². The van der Waals surface area contributed by atoms with Crippen LogP contribution in [0.5, 0.6) is 11.5 Å². The van der Waals surface area contributed by atoms with Crippen molar-refractivity contribution in [2.24, 2.45) is 0 Å². The van der Waals surface area contributed by atoms with Crippen molar-refractivity contribution in [1.29, 1.82) is 0 Å². The monoisotopic (exact) mass is 593 g/mol. The van der Waals surface area contributed by atoms with E-state index in [9.17, 15) is 24.3 Å². The summed E-state index contributed by atoms with van der Waals surface area (Å²) in [4.78, 5) is 49.3. The number of nitrogens with one attached hydrogen (secondary N) is 1. The quantitative estimate of drug-likeness (QED) is 0.187. The number of hydrogen-bond acceptors (Lipinski definition) is 12. The van der Waals surface area contributed by atoms with Gasteiger partial charge in [-0.05, 0) is 62.6 Å². The van der Waals surface area contributed by atoms with Crippen LogP contribution in [0.2, 0.25) is 5.02 Å². The smallest absolute Gasteiger partial charge is 0.453 e. The molecular formula is C28H32ClNO11. The molecule has 222 valence electrons. The lowest BCUT2D eigenvalue weighted by atomic mass is 10.1. The summed E-state index contributed by atoms with van der Waals surface area (Å²) in [5, 5.41) is 14.2. The molecule has 1 aliphatic heterocycles. The Kier molecular flexibility index (Phi) is 11.3. The van der Waals surface area contributed by atoms with Gasteiger partial charge < -0.3 is 38.8 Å². The number of esters is 4. The average molecular weight is 594 g/mol. The fraction of sp³-hybridized carbons (Fsp3) is 0.429. The second-order valence-electron chi connectivity index (χ2n) is 8.95. The molecule has 3 rings (SSSR count). The normalized spacial score (nSPS) is 14.5. The first-order valence-electron chi connectivity index (χ1n) is 12.9. The topological polar surface area (TPSA) is 156 Å². The molecule has 13 heteroatoms. The van der Waals surface area contributed by atoms with Gasteiger partial charge in [-0.2, -0.15) is 0 Å². The van der Waals surface area contributed by atoms with Crippen molar-refractivity contribution >= 4 is 35.5 Å². The van der Waals surface area contributed by atoms with Gasteiger partial charge in [0.2, 0.25) is 0 Å². The second-order valence-corrected chi connectivity index (χ2v) is 9.38. The van der Waals surface area contributed by atoms with Crippen molar-refractivity contribution in [3.05, 3.63) is 58.6 Å². The number of benzene rings is 2. The summed E-state index contributed by atoms with van der Waals surface area (Å²) >= 11 is 6.00. The molecule has 0 radical (unpaired) electrons. The van der Waals surface area contributed by atoms with Crippen LogP contribution in [0.1, 0.15) is 38.0 Å². The fourth-order valence-electron chi connectivity index (χ4n) is 3.84. The molecule has 0 aromatic heterocycles. The molecule has 12 nitrogen and oxygen atoms in total. The van der Waals surface area contributed by atoms with Crippen molar-refractivity contribution in [2.75, 3.05) is 33.0 Å². The number of aliphatic hydroxyl groups is 1. The molecule has 1 aliphatic rings. The van der Waals surface area contributed by atoms with E-state index in [1.807, 2.05) is 6.92 Å². The highest BCUT2D eigenvalue weighted by Gasteiger charge is 2.60. The first-order chi connectivity index (χ1) is 19.6. The Morgan fingerprint density at radius 1 is 0.902 bits per heavy atom. The summed E-state index contributed by atoms with van der Waals surface area (Å²) in [6.07, 6.45) is -0.290. The molecule has 2 aromatic carbocycles. The first-order valence-corrected chi connectivity index (χ1v) is 13.3. The molecule has 0 saturated heterocycles. The Bertz CT molecular complexity index is 1220. The lowest BCUT2D eigenvalue weighted by molar-refractivity contribution is -0.205. The van der Waals surface area contributed by atoms with Gasteiger partial charge in [-0.25, -0.2) is 19.2 Å². The molecule has 1 heterocycles. The Morgan fingerprint density at radius 3 is 2.10 bits per heavy atom. The number of hydrogen-bond donors (Lipinski definition) is 2. The zero-order valence-corrected chi connectivity index (χ0v) is 23.6. The summed E-state index contributed by atoms with van der Waals surface area (Å²) in [5.74, 6) is -7.14. The summed E-state index contributed by atoms with van der Waals surface area (Å²) in [6.45, 7) is 3.82. The van der Waals surface area contributed by atoms with Gasteiger partial charge in [0, 0.05) is 17.6 Å². The zero-order valence-electron chi connectivity index (χ0n) is 22.8. The number of carbonyl (C=O) groups excluding carboxylic acids is 4. The third-order valence-corrected chi connectivity index (χ3v) is 5.98. The Balaban J connectivity index is 1.69. The summed E-state index contributed by atoms with van der Waals surface area (Å²) in [7, 11) is 0. The number of halogens is 1. The van der Waals surface area contributed by atoms with Gasteiger partial charge in [-0.15, -0.1) is 0 Å². The van der Waals surface area contributed by atoms with E-state index in [1.165, 1.54) is 6.07 Å². The van der Waals surface area contributed by atoms with Gasteiger partial charge in [0.05, 0.1) is 19.3 Å². The molecule has 0 amide bonds. The van der Waals surface area contributed by atoms with Crippen LogP contribution in [0.25, 0.3) is 0 Å². The molecule has 41 heavy (non-hydrogen) atoms. The van der Waals surface area contributed by atoms with Gasteiger partial charge in [0.15, 0.2) is 24.7 Å². The zero-order chi connectivity index (χ0) is 30.0. The highest BCUT2D eigenvalue weighted by molar-refractivity contribution is 6.30. The number of rotatable bonds is 14. The van der Waals surface area contributed by atoms with E-state index in [2.05, 4.69) is 5.32 Å². The largest absolute Gasteiger partial charge is 0.463 e. The molecule has 2 atom stereocenters. The van der Waals surface area contributed by atoms with Crippen LogP contribution in [0.4, 0.5) is 0 Å². The standard InChI is InChI=1S/C28H32ClNO11/c1-4-36-24(32)15-38-26(34)28(27(35)39-16-25(33)37-5-2)40-22-10-9-18(12-23(22)41-28)11-17(3)30-14-21(31)19-7-6-8-20(29)13-19/h6-10,12-13,17,21,30-31H,4-5,11,14-16H2,1-3H3/t17-,21+/m1/s1. The number of aliphatic hydroxyl groups excluding tert-OH is 1. The van der Waals surface area contributed by atoms with E-state index in [-0.39, 0.29) is 37.3 Å². The molecule has 0 aliphatic carbocycles. The van der Waals surface area contributed by atoms with Gasteiger partial charge in [-0.3, -0.25) is 0 Å². The van der Waals surface area contributed by atoms with Gasteiger partial charge in [0.1, 0.15) is 0 Å². The van der Waals surface area contributed by atoms with Crippen LogP contribution in [0.3, 0.4) is 0 Å². The number of fused-ring (bicyclic) bond motifs is 1. The molecule has 2 aromatic rings. The van der Waals surface area contributed by atoms with Crippen molar-refractivity contribution in [3.8, 4) is 11.5 Å². The Labute approximate surface area is 241 Å². The van der Waals surface area contributed by atoms with Crippen molar-refractivity contribution in [1.82, 2.24) is 5.32 Å². The maximum Gasteiger partial charge on any atom is 0.453 e. The molecule has 2 N–H and O–H groups in total. The lowest BCUT2D eigenvalue weighted by Gasteiger charge is -2.22. The predicted octanol–water partition coefficient (Wildman–Crippen LogP) is 2.27. The van der Waals surface area contributed by atoms with E-state index in [1.54, 1.807) is 50.2 Å². The molecule has 0 spiro atoms. The maximum atomic E-state index is 13.0. The molecular weight excluding hydrogens is 562 g/mol. The van der Waals surface area contributed by atoms with Gasteiger partial charge in [0.25, 0.3) is 0 Å². The van der Waals surface area contributed by atoms with E-state index >= 15 is 0 Å². The summed E-state index contributed by atoms with van der Waals surface area (Å²) in [6, 6.07) is 11.6. The minimum Gasteiger partial charge on any atom is -0.463 e. The minimum absolute atomic E-state index is 0.0342. The Hall–Kier alpha value is -3.87. The average Bonchev–Trinajstić information content (AvgIpc) is 3.34. The fourth-order valence-corrected chi connectivity index (χ4v) is 4.04. The van der Waals surface area contributed by atoms with E-state index in [0.717, 1.165) is 5.56 Å². The van der Waals surface area contributed by atoms with Crippen LogP contribution in [-0.4, -0.2) is 73.8 Å². The van der Waals surface area contributed by atoms with Crippen LogP contribution in [0, 0.1) is 0 Å². The SMILES string of the molecule is CCOC(=O)COC(=O)C1(C(=O)OCC(=O)OCC)Oc2ccc(C[C@@H](C)NC[C@H](O)c3cccc(Cl)c3)cc2O1. The molecule has 0 bridgehead atoms. The van der Waals surface area contributed by atoms with Crippen LogP contribution in [0.15, 0.2) is 42.5 Å². The van der Waals surface area contributed by atoms with Gasteiger partial charge >= 0.3 is 29.7 Å². The minimum atomic E-state index is -2.76. The lowest BCUT2D eigenvalue weighted by Crippen LogP contribution is -2.56. The predicted molar refractivity (Wildman–Crippen MR) is 143 cm³/mol. The highest BCUT2D eigenvalue weighted by Crippen LogP contribution is 2.41. The third-order valence-electron chi connectivity index (χ3n) is 5.74. The second kappa shape index (κ2) is 14.7. The van der Waals surface area contributed by atoms with E-state index < -0.39 is 49.0 Å². The Morgan fingerprint density at radius 2 is 1.51 bits per heavy atom. The third kappa shape index (κ3) is 8.56. The maximum absolute atomic E-state index is 13.0. The molecule has 0 fully saturated rings. The number of ether oxygens (including phenoxy) is 6.